The van der Waals surface area contributed by atoms with Gasteiger partial charge in [0.15, 0.2) is 11.2 Å². The van der Waals surface area contributed by atoms with E-state index < -0.39 is 0 Å². The second kappa shape index (κ2) is 6.58. The van der Waals surface area contributed by atoms with E-state index in [1.807, 2.05) is 30.3 Å². The Bertz CT molecular complexity index is 877. The van der Waals surface area contributed by atoms with Crippen molar-refractivity contribution in [2.75, 3.05) is 0 Å². The molecule has 0 aliphatic carbocycles. The summed E-state index contributed by atoms with van der Waals surface area (Å²) in [4.78, 5) is 25.8. The standard InChI is InChI=1S/C17H17BrN4O/c1-11(2)13(18)16-21-15-14(19-8-9-20-15)17(23)22(16)10-12-6-4-3-5-7-12/h3-9,11,13H,10H2,1-2H3. The maximum absolute atomic E-state index is 12.9. The quantitative estimate of drug-likeness (QED) is 0.659. The molecule has 118 valence electrons. The van der Waals surface area contributed by atoms with Gasteiger partial charge in [-0.15, -0.1) is 0 Å². The Labute approximate surface area is 142 Å². The molecule has 6 heteroatoms. The zero-order valence-corrected chi connectivity index (χ0v) is 14.6. The van der Waals surface area contributed by atoms with Gasteiger partial charge in [-0.2, -0.15) is 0 Å². The number of nitrogens with zero attached hydrogens (tertiary/aromatic N) is 4. The fourth-order valence-corrected chi connectivity index (χ4v) is 2.74. The lowest BCUT2D eigenvalue weighted by Gasteiger charge is -2.19. The van der Waals surface area contributed by atoms with E-state index in [9.17, 15) is 4.79 Å². The molecule has 0 saturated heterocycles. The number of aromatic nitrogens is 4. The molecule has 1 atom stereocenters. The van der Waals surface area contributed by atoms with Crippen molar-refractivity contribution in [1.82, 2.24) is 19.5 Å². The minimum Gasteiger partial charge on any atom is -0.289 e. The number of alkyl halides is 1. The predicted octanol–water partition coefficient (Wildman–Crippen LogP) is 3.33. The van der Waals surface area contributed by atoms with Gasteiger partial charge >= 0.3 is 0 Å². The number of hydrogen-bond donors (Lipinski definition) is 0. The zero-order chi connectivity index (χ0) is 16.4. The molecule has 0 saturated carbocycles. The van der Waals surface area contributed by atoms with Crippen molar-refractivity contribution in [3.05, 3.63) is 64.5 Å². The van der Waals surface area contributed by atoms with Gasteiger partial charge < -0.3 is 0 Å². The first-order valence-corrected chi connectivity index (χ1v) is 8.39. The summed E-state index contributed by atoms with van der Waals surface area (Å²) in [5, 5.41) is 0. The Morgan fingerprint density at radius 1 is 1.13 bits per heavy atom. The van der Waals surface area contributed by atoms with E-state index >= 15 is 0 Å². The molecule has 23 heavy (non-hydrogen) atoms. The van der Waals surface area contributed by atoms with Crippen LogP contribution in [0.4, 0.5) is 0 Å². The molecule has 0 fully saturated rings. The van der Waals surface area contributed by atoms with Gasteiger partial charge in [0.1, 0.15) is 5.82 Å². The summed E-state index contributed by atoms with van der Waals surface area (Å²) < 4.78 is 1.69. The average molecular weight is 373 g/mol. The van der Waals surface area contributed by atoms with Crippen LogP contribution in [-0.2, 0) is 6.54 Å². The summed E-state index contributed by atoms with van der Waals surface area (Å²) >= 11 is 3.66. The Balaban J connectivity index is 2.22. The Morgan fingerprint density at radius 3 is 2.52 bits per heavy atom. The van der Waals surface area contributed by atoms with Gasteiger partial charge in [0, 0.05) is 12.4 Å². The normalized spacial score (nSPS) is 12.7. The van der Waals surface area contributed by atoms with Gasteiger partial charge in [0.05, 0.1) is 11.4 Å². The first-order valence-electron chi connectivity index (χ1n) is 7.47. The molecule has 1 aromatic carbocycles. The van der Waals surface area contributed by atoms with Gasteiger partial charge in [-0.1, -0.05) is 60.1 Å². The van der Waals surface area contributed by atoms with Crippen molar-refractivity contribution in [2.24, 2.45) is 5.92 Å². The lowest BCUT2D eigenvalue weighted by molar-refractivity contribution is 0.568. The lowest BCUT2D eigenvalue weighted by Crippen LogP contribution is -2.28. The molecule has 2 heterocycles. The molecule has 0 spiro atoms. The Kier molecular flexibility index (Phi) is 4.52. The minimum atomic E-state index is -0.160. The van der Waals surface area contributed by atoms with Crippen LogP contribution < -0.4 is 5.56 Å². The Morgan fingerprint density at radius 2 is 1.83 bits per heavy atom. The largest absolute Gasteiger partial charge is 0.289 e. The first kappa shape index (κ1) is 15.8. The van der Waals surface area contributed by atoms with Crippen LogP contribution in [-0.4, -0.2) is 19.5 Å². The highest BCUT2D eigenvalue weighted by Crippen LogP contribution is 2.29. The lowest BCUT2D eigenvalue weighted by atomic mass is 10.1. The van der Waals surface area contributed by atoms with E-state index in [1.165, 1.54) is 6.20 Å². The molecule has 3 rings (SSSR count). The molecular formula is C17H17BrN4O. The molecule has 1 unspecified atom stereocenters. The van der Waals surface area contributed by atoms with E-state index in [0.717, 1.165) is 5.56 Å². The summed E-state index contributed by atoms with van der Waals surface area (Å²) in [5.74, 6) is 0.972. The van der Waals surface area contributed by atoms with Crippen LogP contribution in [0.1, 0.15) is 30.1 Å². The van der Waals surface area contributed by atoms with E-state index in [-0.39, 0.29) is 16.3 Å². The highest BCUT2D eigenvalue weighted by Gasteiger charge is 2.21. The highest BCUT2D eigenvalue weighted by atomic mass is 79.9. The van der Waals surface area contributed by atoms with Crippen LogP contribution in [0.25, 0.3) is 11.2 Å². The van der Waals surface area contributed by atoms with Crippen molar-refractivity contribution in [3.8, 4) is 0 Å². The number of benzene rings is 1. The van der Waals surface area contributed by atoms with Crippen LogP contribution in [0.3, 0.4) is 0 Å². The summed E-state index contributed by atoms with van der Waals surface area (Å²) in [6.07, 6.45) is 3.07. The smallest absolute Gasteiger partial charge is 0.282 e. The first-order chi connectivity index (χ1) is 11.1. The monoisotopic (exact) mass is 372 g/mol. The van der Waals surface area contributed by atoms with E-state index in [2.05, 4.69) is 44.7 Å². The maximum atomic E-state index is 12.9. The van der Waals surface area contributed by atoms with Gasteiger partial charge in [0.2, 0.25) is 0 Å². The van der Waals surface area contributed by atoms with Crippen LogP contribution in [0.2, 0.25) is 0 Å². The van der Waals surface area contributed by atoms with Crippen molar-refractivity contribution < 1.29 is 0 Å². The molecule has 3 aromatic rings. The van der Waals surface area contributed by atoms with E-state index in [1.54, 1.807) is 10.8 Å². The molecule has 0 bridgehead atoms. The second-order valence-electron chi connectivity index (χ2n) is 5.72. The Hall–Kier alpha value is -2.08. The fraction of sp³-hybridized carbons (Fsp3) is 0.294. The summed E-state index contributed by atoms with van der Waals surface area (Å²) in [6.45, 7) is 4.63. The number of halogens is 1. The third-order valence-corrected chi connectivity index (χ3v) is 5.11. The number of rotatable bonds is 4. The molecule has 0 amide bonds. The fourth-order valence-electron chi connectivity index (χ4n) is 2.39. The molecule has 0 N–H and O–H groups in total. The molecule has 0 aliphatic heterocycles. The van der Waals surface area contributed by atoms with Gasteiger partial charge in [0.25, 0.3) is 5.56 Å². The second-order valence-corrected chi connectivity index (χ2v) is 6.71. The van der Waals surface area contributed by atoms with Crippen LogP contribution in [0.15, 0.2) is 47.5 Å². The maximum Gasteiger partial charge on any atom is 0.282 e. The SMILES string of the molecule is CC(C)C(Br)c1nc2nccnc2c(=O)n1Cc1ccccc1. The third kappa shape index (κ3) is 3.17. The average Bonchev–Trinajstić information content (AvgIpc) is 2.57. The highest BCUT2D eigenvalue weighted by molar-refractivity contribution is 9.09. The molecule has 0 aliphatic rings. The predicted molar refractivity (Wildman–Crippen MR) is 93.6 cm³/mol. The minimum absolute atomic E-state index is 0.0367. The summed E-state index contributed by atoms with van der Waals surface area (Å²) in [7, 11) is 0. The molecule has 5 nitrogen and oxygen atoms in total. The van der Waals surface area contributed by atoms with E-state index in [0.29, 0.717) is 23.5 Å². The zero-order valence-electron chi connectivity index (χ0n) is 13.0. The summed E-state index contributed by atoms with van der Waals surface area (Å²) in [6, 6.07) is 9.87. The van der Waals surface area contributed by atoms with Gasteiger partial charge in [-0.3, -0.25) is 9.36 Å². The van der Waals surface area contributed by atoms with Crippen LogP contribution in [0.5, 0.6) is 0 Å². The van der Waals surface area contributed by atoms with Crippen molar-refractivity contribution in [1.29, 1.82) is 0 Å². The van der Waals surface area contributed by atoms with Crippen LogP contribution >= 0.6 is 15.9 Å². The van der Waals surface area contributed by atoms with Gasteiger partial charge in [-0.05, 0) is 11.5 Å². The van der Waals surface area contributed by atoms with Crippen molar-refractivity contribution >= 4 is 27.1 Å². The number of fused-ring (bicyclic) bond motifs is 1. The summed E-state index contributed by atoms with van der Waals surface area (Å²) in [5.41, 5.74) is 1.58. The van der Waals surface area contributed by atoms with Gasteiger partial charge in [-0.25, -0.2) is 15.0 Å². The molecule has 2 aromatic heterocycles. The molecular weight excluding hydrogens is 356 g/mol. The molecule has 0 radical (unpaired) electrons. The van der Waals surface area contributed by atoms with E-state index in [4.69, 9.17) is 0 Å². The van der Waals surface area contributed by atoms with Crippen LogP contribution in [0, 0.1) is 5.92 Å². The third-order valence-electron chi connectivity index (χ3n) is 3.64. The topological polar surface area (TPSA) is 60.7 Å². The van der Waals surface area contributed by atoms with Crippen molar-refractivity contribution in [3.63, 3.8) is 0 Å². The number of hydrogen-bond acceptors (Lipinski definition) is 4. The van der Waals surface area contributed by atoms with Crippen molar-refractivity contribution in [2.45, 2.75) is 25.2 Å².